The quantitative estimate of drug-likeness (QED) is 0.746. The SMILES string of the molecule is Cc1cc([CH]c2cccnn2)ccc1F. The van der Waals surface area contributed by atoms with Crippen molar-refractivity contribution in [2.45, 2.75) is 6.92 Å². The van der Waals surface area contributed by atoms with Gasteiger partial charge in [-0.05, 0) is 36.2 Å². The van der Waals surface area contributed by atoms with Crippen LogP contribution in [0, 0.1) is 19.2 Å². The first kappa shape index (κ1) is 9.77. The molecular weight excluding hydrogens is 191 g/mol. The Kier molecular flexibility index (Phi) is 2.72. The third-order valence-electron chi connectivity index (χ3n) is 2.09. The van der Waals surface area contributed by atoms with Crippen LogP contribution in [0.5, 0.6) is 0 Å². The number of aryl methyl sites for hydroxylation is 1. The first-order chi connectivity index (χ1) is 7.25. The molecule has 0 atom stereocenters. The summed E-state index contributed by atoms with van der Waals surface area (Å²) >= 11 is 0. The Morgan fingerprint density at radius 3 is 2.80 bits per heavy atom. The fourth-order valence-corrected chi connectivity index (χ4v) is 1.32. The molecule has 1 radical (unpaired) electrons. The number of hydrogen-bond donors (Lipinski definition) is 0. The summed E-state index contributed by atoms with van der Waals surface area (Å²) in [4.78, 5) is 0. The molecule has 1 aromatic heterocycles. The molecule has 0 spiro atoms. The number of benzene rings is 1. The fourth-order valence-electron chi connectivity index (χ4n) is 1.32. The largest absolute Gasteiger partial charge is 0.207 e. The first-order valence-electron chi connectivity index (χ1n) is 4.64. The highest BCUT2D eigenvalue weighted by atomic mass is 19.1. The summed E-state index contributed by atoms with van der Waals surface area (Å²) in [6.45, 7) is 1.74. The molecule has 0 saturated heterocycles. The van der Waals surface area contributed by atoms with Gasteiger partial charge in [0.25, 0.3) is 0 Å². The number of aromatic nitrogens is 2. The van der Waals surface area contributed by atoms with Crippen LogP contribution in [0.25, 0.3) is 0 Å². The zero-order valence-electron chi connectivity index (χ0n) is 8.31. The van der Waals surface area contributed by atoms with Crippen LogP contribution in [0.15, 0.2) is 36.5 Å². The van der Waals surface area contributed by atoms with Gasteiger partial charge in [0.05, 0.1) is 5.69 Å². The number of rotatable bonds is 2. The molecule has 2 aromatic rings. The van der Waals surface area contributed by atoms with Crippen LogP contribution in [0.1, 0.15) is 16.8 Å². The van der Waals surface area contributed by atoms with Crippen molar-refractivity contribution in [3.05, 3.63) is 65.6 Å². The maximum absolute atomic E-state index is 13.0. The molecule has 2 rings (SSSR count). The Hall–Kier alpha value is -1.77. The minimum absolute atomic E-state index is 0.189. The third-order valence-corrected chi connectivity index (χ3v) is 2.09. The highest BCUT2D eigenvalue weighted by Crippen LogP contribution is 2.13. The Bertz CT molecular complexity index is 454. The van der Waals surface area contributed by atoms with E-state index in [0.29, 0.717) is 5.56 Å². The van der Waals surface area contributed by atoms with E-state index in [9.17, 15) is 4.39 Å². The second-order valence-electron chi connectivity index (χ2n) is 3.30. The van der Waals surface area contributed by atoms with Gasteiger partial charge in [0.2, 0.25) is 0 Å². The van der Waals surface area contributed by atoms with Crippen LogP contribution >= 0.6 is 0 Å². The molecule has 75 valence electrons. The molecular formula is C12H10FN2. The lowest BCUT2D eigenvalue weighted by atomic mass is 10.1. The van der Waals surface area contributed by atoms with Crippen molar-refractivity contribution in [3.63, 3.8) is 0 Å². The third kappa shape index (κ3) is 2.37. The minimum atomic E-state index is -0.189. The van der Waals surface area contributed by atoms with E-state index in [-0.39, 0.29) is 5.82 Å². The Morgan fingerprint density at radius 1 is 1.27 bits per heavy atom. The lowest BCUT2D eigenvalue weighted by Gasteiger charge is -2.01. The lowest BCUT2D eigenvalue weighted by Crippen LogP contribution is -1.92. The van der Waals surface area contributed by atoms with Gasteiger partial charge in [-0.3, -0.25) is 0 Å². The molecule has 0 aliphatic carbocycles. The van der Waals surface area contributed by atoms with Crippen LogP contribution in [0.4, 0.5) is 4.39 Å². The molecule has 15 heavy (non-hydrogen) atoms. The van der Waals surface area contributed by atoms with Crippen LogP contribution in [0.2, 0.25) is 0 Å². The van der Waals surface area contributed by atoms with Crippen LogP contribution in [-0.4, -0.2) is 10.2 Å². The average molecular weight is 201 g/mol. The Balaban J connectivity index is 2.22. The molecule has 1 aromatic carbocycles. The maximum Gasteiger partial charge on any atom is 0.126 e. The molecule has 0 fully saturated rings. The van der Waals surface area contributed by atoms with Gasteiger partial charge in [0, 0.05) is 12.6 Å². The molecule has 0 amide bonds. The normalized spacial score (nSPS) is 10.3. The zero-order chi connectivity index (χ0) is 10.7. The second kappa shape index (κ2) is 4.17. The summed E-state index contributed by atoms with van der Waals surface area (Å²) in [6, 6.07) is 8.62. The van der Waals surface area contributed by atoms with Gasteiger partial charge >= 0.3 is 0 Å². The number of hydrogen-bond acceptors (Lipinski definition) is 2. The van der Waals surface area contributed by atoms with Crippen molar-refractivity contribution in [2.75, 3.05) is 0 Å². The number of nitrogens with zero attached hydrogens (tertiary/aromatic N) is 2. The molecule has 0 aliphatic heterocycles. The van der Waals surface area contributed by atoms with Crippen molar-refractivity contribution < 1.29 is 4.39 Å². The molecule has 0 N–H and O–H groups in total. The van der Waals surface area contributed by atoms with Gasteiger partial charge in [-0.1, -0.05) is 12.1 Å². The van der Waals surface area contributed by atoms with E-state index in [1.165, 1.54) is 6.07 Å². The number of halogens is 1. The highest BCUT2D eigenvalue weighted by molar-refractivity contribution is 5.35. The molecule has 0 unspecified atom stereocenters. The summed E-state index contributed by atoms with van der Waals surface area (Å²) in [5.41, 5.74) is 2.32. The molecule has 1 heterocycles. The van der Waals surface area contributed by atoms with E-state index in [0.717, 1.165) is 11.3 Å². The van der Waals surface area contributed by atoms with Gasteiger partial charge < -0.3 is 0 Å². The van der Waals surface area contributed by atoms with E-state index in [2.05, 4.69) is 10.2 Å². The predicted molar refractivity (Wildman–Crippen MR) is 55.7 cm³/mol. The summed E-state index contributed by atoms with van der Waals surface area (Å²) in [5, 5.41) is 7.69. The molecule has 0 saturated carbocycles. The van der Waals surface area contributed by atoms with Gasteiger partial charge in [0.15, 0.2) is 0 Å². The van der Waals surface area contributed by atoms with Crippen LogP contribution < -0.4 is 0 Å². The standard InChI is InChI=1S/C12H10FN2/c1-9-7-10(4-5-12(9)13)8-11-3-2-6-14-15-11/h2-8H,1H3. The van der Waals surface area contributed by atoms with Gasteiger partial charge in [-0.15, -0.1) is 0 Å². The van der Waals surface area contributed by atoms with Crippen molar-refractivity contribution in [2.24, 2.45) is 0 Å². The van der Waals surface area contributed by atoms with Gasteiger partial charge in [-0.2, -0.15) is 10.2 Å². The first-order valence-corrected chi connectivity index (χ1v) is 4.64. The molecule has 0 bridgehead atoms. The summed E-state index contributed by atoms with van der Waals surface area (Å²) < 4.78 is 13.0. The summed E-state index contributed by atoms with van der Waals surface area (Å²) in [7, 11) is 0. The van der Waals surface area contributed by atoms with E-state index in [1.54, 1.807) is 25.3 Å². The second-order valence-corrected chi connectivity index (χ2v) is 3.30. The zero-order valence-corrected chi connectivity index (χ0v) is 8.31. The summed E-state index contributed by atoms with van der Waals surface area (Å²) in [5.74, 6) is -0.189. The van der Waals surface area contributed by atoms with E-state index in [4.69, 9.17) is 0 Å². The fraction of sp³-hybridized carbons (Fsp3) is 0.0833. The maximum atomic E-state index is 13.0. The van der Waals surface area contributed by atoms with Crippen molar-refractivity contribution in [3.8, 4) is 0 Å². The van der Waals surface area contributed by atoms with Gasteiger partial charge in [0.1, 0.15) is 5.82 Å². The van der Waals surface area contributed by atoms with E-state index in [1.807, 2.05) is 18.6 Å². The monoisotopic (exact) mass is 201 g/mol. The van der Waals surface area contributed by atoms with Crippen molar-refractivity contribution in [1.82, 2.24) is 10.2 Å². The van der Waals surface area contributed by atoms with Gasteiger partial charge in [-0.25, -0.2) is 4.39 Å². The van der Waals surface area contributed by atoms with E-state index < -0.39 is 0 Å². The van der Waals surface area contributed by atoms with Crippen LogP contribution in [0.3, 0.4) is 0 Å². The minimum Gasteiger partial charge on any atom is -0.207 e. The molecule has 3 heteroatoms. The smallest absolute Gasteiger partial charge is 0.126 e. The topological polar surface area (TPSA) is 25.8 Å². The Labute approximate surface area is 87.8 Å². The Morgan fingerprint density at radius 2 is 2.13 bits per heavy atom. The van der Waals surface area contributed by atoms with Crippen LogP contribution in [-0.2, 0) is 0 Å². The van der Waals surface area contributed by atoms with Crippen molar-refractivity contribution in [1.29, 1.82) is 0 Å². The summed E-state index contributed by atoms with van der Waals surface area (Å²) in [6.07, 6.45) is 3.48. The molecule has 0 aliphatic rings. The lowest BCUT2D eigenvalue weighted by molar-refractivity contribution is 0.618. The predicted octanol–water partition coefficient (Wildman–Crippen LogP) is 2.52. The molecule has 2 nitrogen and oxygen atoms in total. The average Bonchev–Trinajstić information content (AvgIpc) is 2.25. The highest BCUT2D eigenvalue weighted by Gasteiger charge is 2.01. The van der Waals surface area contributed by atoms with Crippen molar-refractivity contribution >= 4 is 0 Å². The van der Waals surface area contributed by atoms with E-state index >= 15 is 0 Å².